The fourth-order valence-electron chi connectivity index (χ4n) is 4.68. The van der Waals surface area contributed by atoms with Gasteiger partial charge in [0, 0.05) is 21.9 Å². The monoisotopic (exact) mass is 360 g/mol. The van der Waals surface area contributed by atoms with E-state index in [2.05, 4.69) is 0 Å². The Morgan fingerprint density at radius 3 is 1.79 bits per heavy atom. The Balaban J connectivity index is 1.60. The Morgan fingerprint density at radius 1 is 0.792 bits per heavy atom. The van der Waals surface area contributed by atoms with E-state index in [1.807, 2.05) is 36.4 Å². The summed E-state index contributed by atoms with van der Waals surface area (Å²) < 4.78 is 13.1. The van der Waals surface area contributed by atoms with E-state index in [-0.39, 0.29) is 0 Å². The minimum absolute atomic E-state index is 0.367. The maximum absolute atomic E-state index is 6.56. The summed E-state index contributed by atoms with van der Waals surface area (Å²) in [5.41, 5.74) is 2.40. The molecule has 0 N–H and O–H groups in total. The molecular formula is C20H18Cl2O2. The molecule has 124 valence electrons. The SMILES string of the molecule is Clc1ccc2c(c1)C[C@H]1CCC[C@@H]3Cc4cc(Cl)ccc4OC13O2. The van der Waals surface area contributed by atoms with Gasteiger partial charge in [-0.05, 0) is 73.2 Å². The Bertz CT molecular complexity index is 750. The molecule has 24 heavy (non-hydrogen) atoms. The van der Waals surface area contributed by atoms with Crippen LogP contribution in [0.15, 0.2) is 36.4 Å². The van der Waals surface area contributed by atoms with Gasteiger partial charge in [-0.2, -0.15) is 0 Å². The van der Waals surface area contributed by atoms with E-state index in [0.29, 0.717) is 11.8 Å². The molecule has 3 aliphatic rings. The van der Waals surface area contributed by atoms with Gasteiger partial charge in [-0.15, -0.1) is 0 Å². The highest BCUT2D eigenvalue weighted by atomic mass is 35.5. The third-order valence-electron chi connectivity index (χ3n) is 5.76. The van der Waals surface area contributed by atoms with Crippen molar-refractivity contribution in [1.29, 1.82) is 0 Å². The molecule has 0 radical (unpaired) electrons. The van der Waals surface area contributed by atoms with Crippen molar-refractivity contribution in [3.8, 4) is 11.5 Å². The first-order valence-corrected chi connectivity index (χ1v) is 9.34. The molecule has 2 aromatic carbocycles. The summed E-state index contributed by atoms with van der Waals surface area (Å²) in [5.74, 6) is 2.02. The molecule has 4 heteroatoms. The third-order valence-corrected chi connectivity index (χ3v) is 6.23. The molecule has 1 aliphatic carbocycles. The second-order valence-corrected chi connectivity index (χ2v) is 8.04. The Hall–Kier alpha value is -1.38. The zero-order valence-corrected chi connectivity index (χ0v) is 14.7. The van der Waals surface area contributed by atoms with Crippen molar-refractivity contribution >= 4 is 23.2 Å². The normalized spacial score (nSPS) is 30.1. The zero-order chi connectivity index (χ0) is 16.3. The van der Waals surface area contributed by atoms with Crippen LogP contribution in [-0.4, -0.2) is 5.79 Å². The minimum atomic E-state index is -0.542. The smallest absolute Gasteiger partial charge is 0.257 e. The molecule has 1 saturated carbocycles. The van der Waals surface area contributed by atoms with Crippen LogP contribution in [0.1, 0.15) is 30.4 Å². The Morgan fingerprint density at radius 2 is 1.29 bits per heavy atom. The summed E-state index contributed by atoms with van der Waals surface area (Å²) in [6, 6.07) is 11.8. The highest BCUT2D eigenvalue weighted by Crippen LogP contribution is 2.53. The van der Waals surface area contributed by atoms with Crippen LogP contribution >= 0.6 is 23.2 Å². The van der Waals surface area contributed by atoms with Gasteiger partial charge in [-0.1, -0.05) is 29.6 Å². The standard InChI is InChI=1S/C20H18Cl2O2/c21-16-4-6-18-12(10-16)8-14-2-1-3-15-9-13-11-17(22)5-7-19(13)24-20(14,15)23-18/h4-7,10-11,14-15H,1-3,8-9H2/t14-,15-,20?/m1/s1. The van der Waals surface area contributed by atoms with E-state index in [4.69, 9.17) is 32.7 Å². The molecule has 0 aromatic heterocycles. The zero-order valence-electron chi connectivity index (χ0n) is 13.2. The van der Waals surface area contributed by atoms with Crippen molar-refractivity contribution in [2.24, 2.45) is 11.8 Å². The van der Waals surface area contributed by atoms with Crippen LogP contribution in [0.5, 0.6) is 11.5 Å². The van der Waals surface area contributed by atoms with E-state index in [9.17, 15) is 0 Å². The van der Waals surface area contributed by atoms with Crippen LogP contribution in [0.3, 0.4) is 0 Å². The van der Waals surface area contributed by atoms with Crippen LogP contribution in [-0.2, 0) is 12.8 Å². The molecule has 0 bridgehead atoms. The number of fused-ring (bicyclic) bond motifs is 2. The number of benzene rings is 2. The van der Waals surface area contributed by atoms with Crippen molar-refractivity contribution in [1.82, 2.24) is 0 Å². The van der Waals surface area contributed by atoms with Gasteiger partial charge in [0.1, 0.15) is 11.5 Å². The predicted octanol–water partition coefficient (Wildman–Crippen LogP) is 5.68. The number of hydrogen-bond donors (Lipinski definition) is 0. The predicted molar refractivity (Wildman–Crippen MR) is 95.1 cm³/mol. The first-order chi connectivity index (χ1) is 11.6. The molecule has 1 fully saturated rings. The number of halogens is 2. The average molecular weight is 361 g/mol. The van der Waals surface area contributed by atoms with Crippen LogP contribution in [0.4, 0.5) is 0 Å². The first-order valence-electron chi connectivity index (χ1n) is 8.59. The molecule has 0 saturated heterocycles. The summed E-state index contributed by atoms with van der Waals surface area (Å²) in [7, 11) is 0. The molecule has 5 rings (SSSR count). The summed E-state index contributed by atoms with van der Waals surface area (Å²) in [6.07, 6.45) is 5.41. The van der Waals surface area contributed by atoms with Crippen molar-refractivity contribution in [3.05, 3.63) is 57.6 Å². The molecule has 0 unspecified atom stereocenters. The summed E-state index contributed by atoms with van der Waals surface area (Å²) in [4.78, 5) is 0. The lowest BCUT2D eigenvalue weighted by molar-refractivity contribution is -0.226. The van der Waals surface area contributed by atoms with Gasteiger partial charge in [0.25, 0.3) is 5.79 Å². The molecule has 2 aromatic rings. The highest BCUT2D eigenvalue weighted by molar-refractivity contribution is 6.31. The molecule has 2 aliphatic heterocycles. The van der Waals surface area contributed by atoms with E-state index in [1.165, 1.54) is 17.5 Å². The van der Waals surface area contributed by atoms with Gasteiger partial charge in [-0.25, -0.2) is 0 Å². The minimum Gasteiger partial charge on any atom is -0.451 e. The van der Waals surface area contributed by atoms with E-state index >= 15 is 0 Å². The van der Waals surface area contributed by atoms with Crippen LogP contribution in [0, 0.1) is 11.8 Å². The molecule has 2 nitrogen and oxygen atoms in total. The number of hydrogen-bond acceptors (Lipinski definition) is 2. The quantitative estimate of drug-likeness (QED) is 0.601. The molecular weight excluding hydrogens is 343 g/mol. The number of ether oxygens (including phenoxy) is 2. The van der Waals surface area contributed by atoms with Crippen molar-refractivity contribution in [2.45, 2.75) is 37.9 Å². The van der Waals surface area contributed by atoms with Crippen LogP contribution in [0.25, 0.3) is 0 Å². The average Bonchev–Trinajstić information content (AvgIpc) is 2.57. The second-order valence-electron chi connectivity index (χ2n) is 7.16. The largest absolute Gasteiger partial charge is 0.451 e. The molecule has 1 spiro atoms. The fourth-order valence-corrected chi connectivity index (χ4v) is 5.07. The maximum Gasteiger partial charge on any atom is 0.257 e. The number of rotatable bonds is 0. The Kier molecular flexibility index (Phi) is 3.30. The lowest BCUT2D eigenvalue weighted by atomic mass is 9.68. The molecule has 2 atom stereocenters. The van der Waals surface area contributed by atoms with Gasteiger partial charge in [0.2, 0.25) is 0 Å². The highest BCUT2D eigenvalue weighted by Gasteiger charge is 2.56. The van der Waals surface area contributed by atoms with Gasteiger partial charge >= 0.3 is 0 Å². The summed E-state index contributed by atoms with van der Waals surface area (Å²) in [5, 5.41) is 1.54. The van der Waals surface area contributed by atoms with E-state index < -0.39 is 5.79 Å². The van der Waals surface area contributed by atoms with Gasteiger partial charge in [0.05, 0.1) is 0 Å². The lowest BCUT2D eigenvalue weighted by Crippen LogP contribution is -2.61. The van der Waals surface area contributed by atoms with Crippen molar-refractivity contribution in [2.75, 3.05) is 0 Å². The topological polar surface area (TPSA) is 18.5 Å². The van der Waals surface area contributed by atoms with E-state index in [1.54, 1.807) is 0 Å². The first kappa shape index (κ1) is 14.9. The van der Waals surface area contributed by atoms with Gasteiger partial charge < -0.3 is 9.47 Å². The fraction of sp³-hybridized carbons (Fsp3) is 0.400. The molecule has 0 amide bonds. The molecule has 2 heterocycles. The Labute approximate surface area is 151 Å². The van der Waals surface area contributed by atoms with Crippen LogP contribution in [0.2, 0.25) is 10.0 Å². The van der Waals surface area contributed by atoms with Crippen molar-refractivity contribution in [3.63, 3.8) is 0 Å². The lowest BCUT2D eigenvalue weighted by Gasteiger charge is -2.53. The van der Waals surface area contributed by atoms with Gasteiger partial charge in [0.15, 0.2) is 0 Å². The summed E-state index contributed by atoms with van der Waals surface area (Å²) >= 11 is 12.3. The summed E-state index contributed by atoms with van der Waals surface area (Å²) in [6.45, 7) is 0. The van der Waals surface area contributed by atoms with Gasteiger partial charge in [-0.3, -0.25) is 0 Å². The maximum atomic E-state index is 6.56. The van der Waals surface area contributed by atoms with E-state index in [0.717, 1.165) is 47.2 Å². The van der Waals surface area contributed by atoms with Crippen LogP contribution < -0.4 is 9.47 Å². The second kappa shape index (κ2) is 5.31. The third kappa shape index (κ3) is 2.16. The van der Waals surface area contributed by atoms with Crippen molar-refractivity contribution < 1.29 is 9.47 Å².